The lowest BCUT2D eigenvalue weighted by Gasteiger charge is -2.20. The Morgan fingerprint density at radius 1 is 1.20 bits per heavy atom. The van der Waals surface area contributed by atoms with Gasteiger partial charge in [-0.1, -0.05) is 12.1 Å². The van der Waals surface area contributed by atoms with E-state index in [4.69, 9.17) is 5.10 Å². The Labute approximate surface area is 173 Å². The standard InChI is InChI=1S/C22H23N7O/c1-15-4-2-5-17(12-15)29-20(13-19(27-29)16-6-9-23-10-7-16)26-22(30)18-14-25-28-11-3-8-24-21(18)28/h2-5,8,11-14,16,23H,6-7,9-10H2,1H3,(H,26,30). The maximum atomic E-state index is 13.1. The van der Waals surface area contributed by atoms with Gasteiger partial charge in [0, 0.05) is 24.4 Å². The third-order valence-corrected chi connectivity index (χ3v) is 5.50. The van der Waals surface area contributed by atoms with Crippen molar-refractivity contribution in [3.63, 3.8) is 0 Å². The van der Waals surface area contributed by atoms with Gasteiger partial charge in [0.25, 0.3) is 5.91 Å². The predicted octanol–water partition coefficient (Wildman–Crippen LogP) is 2.94. The number of carbonyl (C=O) groups excluding carboxylic acids is 1. The number of nitrogens with zero attached hydrogens (tertiary/aromatic N) is 5. The van der Waals surface area contributed by atoms with Crippen LogP contribution in [0.3, 0.4) is 0 Å². The maximum absolute atomic E-state index is 13.1. The Bertz CT molecular complexity index is 1200. The van der Waals surface area contributed by atoms with Gasteiger partial charge in [0.2, 0.25) is 0 Å². The number of aryl methyl sites for hydroxylation is 1. The van der Waals surface area contributed by atoms with E-state index < -0.39 is 0 Å². The molecule has 1 aliphatic heterocycles. The number of rotatable bonds is 4. The molecule has 0 aliphatic carbocycles. The van der Waals surface area contributed by atoms with E-state index in [9.17, 15) is 4.79 Å². The number of aromatic nitrogens is 5. The van der Waals surface area contributed by atoms with Crippen LogP contribution >= 0.6 is 0 Å². The summed E-state index contributed by atoms with van der Waals surface area (Å²) in [7, 11) is 0. The van der Waals surface area contributed by atoms with Crippen LogP contribution in [0.4, 0.5) is 5.82 Å². The van der Waals surface area contributed by atoms with Crippen molar-refractivity contribution in [3.05, 3.63) is 71.8 Å². The van der Waals surface area contributed by atoms with E-state index in [1.807, 2.05) is 35.9 Å². The zero-order valence-electron chi connectivity index (χ0n) is 16.7. The van der Waals surface area contributed by atoms with Gasteiger partial charge in [0.1, 0.15) is 11.4 Å². The van der Waals surface area contributed by atoms with E-state index in [-0.39, 0.29) is 5.91 Å². The topological polar surface area (TPSA) is 89.1 Å². The molecule has 0 saturated carbocycles. The van der Waals surface area contributed by atoms with Crippen LogP contribution in [-0.4, -0.2) is 43.4 Å². The largest absolute Gasteiger partial charge is 0.317 e. The average Bonchev–Trinajstić information content (AvgIpc) is 3.39. The van der Waals surface area contributed by atoms with Crippen LogP contribution < -0.4 is 10.6 Å². The van der Waals surface area contributed by atoms with Crippen molar-refractivity contribution < 1.29 is 4.79 Å². The lowest BCUT2D eigenvalue weighted by molar-refractivity contribution is 0.102. The van der Waals surface area contributed by atoms with Crippen LogP contribution in [0.2, 0.25) is 0 Å². The Morgan fingerprint density at radius 3 is 2.90 bits per heavy atom. The van der Waals surface area contributed by atoms with Crippen LogP contribution in [0.5, 0.6) is 0 Å². The molecule has 2 N–H and O–H groups in total. The van der Waals surface area contributed by atoms with Crippen LogP contribution in [0, 0.1) is 6.92 Å². The lowest BCUT2D eigenvalue weighted by Crippen LogP contribution is -2.26. The molecule has 4 aromatic rings. The second kappa shape index (κ2) is 7.72. The fourth-order valence-electron chi connectivity index (χ4n) is 3.93. The number of piperidine rings is 1. The smallest absolute Gasteiger partial charge is 0.262 e. The summed E-state index contributed by atoms with van der Waals surface area (Å²) in [5.41, 5.74) is 4.01. The van der Waals surface area contributed by atoms with Gasteiger partial charge in [-0.2, -0.15) is 10.2 Å². The van der Waals surface area contributed by atoms with Crippen molar-refractivity contribution in [2.75, 3.05) is 18.4 Å². The number of anilines is 1. The third-order valence-electron chi connectivity index (χ3n) is 5.50. The average molecular weight is 401 g/mol. The highest BCUT2D eigenvalue weighted by molar-refractivity contribution is 6.07. The van der Waals surface area contributed by atoms with Gasteiger partial charge in [-0.05, 0) is 56.6 Å². The van der Waals surface area contributed by atoms with Crippen LogP contribution in [0.1, 0.15) is 40.4 Å². The van der Waals surface area contributed by atoms with E-state index in [1.54, 1.807) is 29.2 Å². The van der Waals surface area contributed by atoms with Crippen molar-refractivity contribution in [2.24, 2.45) is 0 Å². The highest BCUT2D eigenvalue weighted by Gasteiger charge is 2.22. The van der Waals surface area contributed by atoms with E-state index in [1.165, 1.54) is 0 Å². The Morgan fingerprint density at radius 2 is 2.07 bits per heavy atom. The normalized spacial score (nSPS) is 14.8. The summed E-state index contributed by atoms with van der Waals surface area (Å²) in [5.74, 6) is 0.774. The molecule has 1 saturated heterocycles. The van der Waals surface area contributed by atoms with Gasteiger partial charge in [-0.15, -0.1) is 0 Å². The van der Waals surface area contributed by atoms with Gasteiger partial charge in [0.15, 0.2) is 5.65 Å². The number of hydrogen-bond acceptors (Lipinski definition) is 5. The second-order valence-electron chi connectivity index (χ2n) is 7.63. The number of amides is 1. The van der Waals surface area contributed by atoms with Crippen molar-refractivity contribution >= 4 is 17.4 Å². The molecule has 1 amide bonds. The second-order valence-corrected chi connectivity index (χ2v) is 7.63. The Balaban J connectivity index is 1.52. The molecule has 152 valence electrons. The Kier molecular flexibility index (Phi) is 4.76. The molecule has 1 aromatic carbocycles. The minimum atomic E-state index is -0.255. The summed E-state index contributed by atoms with van der Waals surface area (Å²) < 4.78 is 3.41. The molecule has 30 heavy (non-hydrogen) atoms. The molecule has 0 spiro atoms. The molecular formula is C22H23N7O. The van der Waals surface area contributed by atoms with E-state index in [0.717, 1.165) is 42.9 Å². The third kappa shape index (κ3) is 3.46. The van der Waals surface area contributed by atoms with Gasteiger partial charge in [-0.3, -0.25) is 4.79 Å². The molecule has 8 nitrogen and oxygen atoms in total. The fourth-order valence-corrected chi connectivity index (χ4v) is 3.93. The number of nitrogens with one attached hydrogen (secondary N) is 2. The van der Waals surface area contributed by atoms with Gasteiger partial charge < -0.3 is 10.6 Å². The Hall–Kier alpha value is -3.52. The highest BCUT2D eigenvalue weighted by atomic mass is 16.1. The highest BCUT2D eigenvalue weighted by Crippen LogP contribution is 2.28. The predicted molar refractivity (Wildman–Crippen MR) is 114 cm³/mol. The summed E-state index contributed by atoms with van der Waals surface area (Å²) in [6.07, 6.45) is 7.04. The molecular weight excluding hydrogens is 378 g/mol. The number of carbonyl (C=O) groups is 1. The van der Waals surface area contributed by atoms with Crippen molar-refractivity contribution in [1.29, 1.82) is 0 Å². The number of benzene rings is 1. The first-order chi connectivity index (χ1) is 14.7. The van der Waals surface area contributed by atoms with Crippen LogP contribution in [0.25, 0.3) is 11.3 Å². The molecule has 5 rings (SSSR count). The minimum absolute atomic E-state index is 0.255. The molecule has 0 unspecified atom stereocenters. The molecule has 8 heteroatoms. The number of fused-ring (bicyclic) bond motifs is 1. The van der Waals surface area contributed by atoms with Gasteiger partial charge in [-0.25, -0.2) is 14.2 Å². The van der Waals surface area contributed by atoms with Crippen molar-refractivity contribution in [2.45, 2.75) is 25.7 Å². The van der Waals surface area contributed by atoms with Crippen molar-refractivity contribution in [1.82, 2.24) is 29.7 Å². The fraction of sp³-hybridized carbons (Fsp3) is 0.273. The monoisotopic (exact) mass is 401 g/mol. The van der Waals surface area contributed by atoms with Crippen LogP contribution in [0.15, 0.2) is 55.0 Å². The van der Waals surface area contributed by atoms with Gasteiger partial charge >= 0.3 is 0 Å². The maximum Gasteiger partial charge on any atom is 0.262 e. The summed E-state index contributed by atoms with van der Waals surface area (Å²) in [6, 6.07) is 11.9. The summed E-state index contributed by atoms with van der Waals surface area (Å²) in [4.78, 5) is 17.4. The van der Waals surface area contributed by atoms with E-state index >= 15 is 0 Å². The molecule has 0 radical (unpaired) electrons. The quantitative estimate of drug-likeness (QED) is 0.549. The summed E-state index contributed by atoms with van der Waals surface area (Å²) >= 11 is 0. The molecule has 0 atom stereocenters. The molecule has 1 aliphatic rings. The van der Waals surface area contributed by atoms with Crippen molar-refractivity contribution in [3.8, 4) is 5.69 Å². The molecule has 0 bridgehead atoms. The number of hydrogen-bond donors (Lipinski definition) is 2. The van der Waals surface area contributed by atoms with Gasteiger partial charge in [0.05, 0.1) is 17.6 Å². The zero-order valence-corrected chi connectivity index (χ0v) is 16.7. The minimum Gasteiger partial charge on any atom is -0.317 e. The SMILES string of the molecule is Cc1cccc(-n2nc(C3CCNCC3)cc2NC(=O)c2cnn3cccnc23)c1. The zero-order chi connectivity index (χ0) is 20.5. The first kappa shape index (κ1) is 18.5. The summed E-state index contributed by atoms with van der Waals surface area (Å²) in [5, 5.41) is 15.5. The first-order valence-corrected chi connectivity index (χ1v) is 10.2. The lowest BCUT2D eigenvalue weighted by atomic mass is 9.95. The van der Waals surface area contributed by atoms with Crippen LogP contribution in [-0.2, 0) is 0 Å². The molecule has 4 heterocycles. The van der Waals surface area contributed by atoms with E-state index in [0.29, 0.717) is 22.9 Å². The molecule has 1 fully saturated rings. The summed E-state index contributed by atoms with van der Waals surface area (Å²) in [6.45, 7) is 4.01. The molecule has 3 aromatic heterocycles. The van der Waals surface area contributed by atoms with E-state index in [2.05, 4.69) is 26.8 Å². The first-order valence-electron chi connectivity index (χ1n) is 10.2.